The largest absolute Gasteiger partial charge is 0.490 e. The predicted octanol–water partition coefficient (Wildman–Crippen LogP) is 3.51. The van der Waals surface area contributed by atoms with E-state index in [4.69, 9.17) is 13.9 Å². The third-order valence-electron chi connectivity index (χ3n) is 3.29. The summed E-state index contributed by atoms with van der Waals surface area (Å²) in [7, 11) is 1.91. The fraction of sp³-hybridized carbons (Fsp3) is 0.333. The topological polar surface area (TPSA) is 43.6 Å². The molecule has 1 aliphatic rings. The fourth-order valence-corrected chi connectivity index (χ4v) is 2.88. The highest BCUT2D eigenvalue weighted by Gasteiger charge is 2.21. The van der Waals surface area contributed by atoms with Gasteiger partial charge in [0.25, 0.3) is 0 Å². The average molecular weight is 338 g/mol. The average Bonchev–Trinajstić information content (AvgIpc) is 2.87. The second-order valence-corrected chi connectivity index (χ2v) is 5.46. The van der Waals surface area contributed by atoms with Crippen molar-refractivity contribution in [2.45, 2.75) is 12.5 Å². The summed E-state index contributed by atoms with van der Waals surface area (Å²) >= 11 is 3.61. The first-order chi connectivity index (χ1) is 9.79. The monoisotopic (exact) mass is 337 g/mol. The second-order valence-electron chi connectivity index (χ2n) is 4.61. The van der Waals surface area contributed by atoms with Crippen molar-refractivity contribution in [1.82, 2.24) is 5.32 Å². The molecular formula is C15H16BrNO3. The van der Waals surface area contributed by atoms with Crippen LogP contribution < -0.4 is 14.8 Å². The molecule has 1 aromatic heterocycles. The van der Waals surface area contributed by atoms with Gasteiger partial charge < -0.3 is 19.2 Å². The molecule has 0 radical (unpaired) electrons. The van der Waals surface area contributed by atoms with E-state index >= 15 is 0 Å². The Morgan fingerprint density at radius 1 is 1.20 bits per heavy atom. The minimum Gasteiger partial charge on any atom is -0.490 e. The van der Waals surface area contributed by atoms with E-state index in [9.17, 15) is 0 Å². The zero-order chi connectivity index (χ0) is 13.9. The van der Waals surface area contributed by atoms with Gasteiger partial charge in [-0.05, 0) is 36.9 Å². The number of rotatable bonds is 3. The van der Waals surface area contributed by atoms with Gasteiger partial charge in [0.1, 0.15) is 5.76 Å². The van der Waals surface area contributed by atoms with Crippen LogP contribution in [0.2, 0.25) is 0 Å². The molecule has 0 saturated carbocycles. The lowest BCUT2D eigenvalue weighted by Gasteiger charge is -2.18. The highest BCUT2D eigenvalue weighted by atomic mass is 79.9. The van der Waals surface area contributed by atoms with Crippen molar-refractivity contribution in [1.29, 1.82) is 0 Å². The minimum atomic E-state index is -0.0310. The SMILES string of the molecule is CNC(c1ccco1)c1cc2c(cc1Br)OCCCO2. The number of benzene rings is 1. The maximum absolute atomic E-state index is 5.75. The summed E-state index contributed by atoms with van der Waals surface area (Å²) in [4.78, 5) is 0. The van der Waals surface area contributed by atoms with Crippen molar-refractivity contribution in [3.63, 3.8) is 0 Å². The molecule has 106 valence electrons. The molecule has 1 unspecified atom stereocenters. The Hall–Kier alpha value is -1.46. The van der Waals surface area contributed by atoms with Gasteiger partial charge in [-0.25, -0.2) is 0 Å². The molecule has 20 heavy (non-hydrogen) atoms. The van der Waals surface area contributed by atoms with E-state index in [1.165, 1.54) is 0 Å². The third kappa shape index (κ3) is 2.55. The van der Waals surface area contributed by atoms with Crippen molar-refractivity contribution in [3.8, 4) is 11.5 Å². The van der Waals surface area contributed by atoms with Crippen LogP contribution in [-0.2, 0) is 0 Å². The zero-order valence-electron chi connectivity index (χ0n) is 11.2. The Kier molecular flexibility index (Phi) is 3.98. The lowest BCUT2D eigenvalue weighted by atomic mass is 10.0. The van der Waals surface area contributed by atoms with Crippen LogP contribution in [0.4, 0.5) is 0 Å². The van der Waals surface area contributed by atoms with Crippen LogP contribution in [0.5, 0.6) is 11.5 Å². The Morgan fingerprint density at radius 2 is 1.95 bits per heavy atom. The van der Waals surface area contributed by atoms with Gasteiger partial charge in [-0.2, -0.15) is 0 Å². The number of nitrogens with one attached hydrogen (secondary N) is 1. The molecule has 0 amide bonds. The van der Waals surface area contributed by atoms with Crippen LogP contribution >= 0.6 is 15.9 Å². The van der Waals surface area contributed by atoms with E-state index in [0.717, 1.165) is 33.7 Å². The van der Waals surface area contributed by atoms with Gasteiger partial charge in [0.05, 0.1) is 25.5 Å². The molecule has 1 aromatic carbocycles. The summed E-state index contributed by atoms with van der Waals surface area (Å²) in [5.41, 5.74) is 1.06. The van der Waals surface area contributed by atoms with Gasteiger partial charge in [0.2, 0.25) is 0 Å². The van der Waals surface area contributed by atoms with Gasteiger partial charge in [0, 0.05) is 10.9 Å². The van der Waals surface area contributed by atoms with E-state index in [0.29, 0.717) is 13.2 Å². The molecule has 2 heterocycles. The lowest BCUT2D eigenvalue weighted by Crippen LogP contribution is -2.17. The molecule has 1 atom stereocenters. The normalized spacial score (nSPS) is 15.7. The molecule has 0 spiro atoms. The molecule has 2 aromatic rings. The molecule has 0 saturated heterocycles. The standard InChI is InChI=1S/C15H16BrNO3/c1-17-15(12-4-2-5-18-12)10-8-13-14(9-11(10)16)20-7-3-6-19-13/h2,4-5,8-9,15,17H,3,6-7H2,1H3. The maximum atomic E-state index is 5.75. The highest BCUT2D eigenvalue weighted by Crippen LogP contribution is 2.39. The second kappa shape index (κ2) is 5.89. The summed E-state index contributed by atoms with van der Waals surface area (Å²) in [6.07, 6.45) is 2.58. The highest BCUT2D eigenvalue weighted by molar-refractivity contribution is 9.10. The summed E-state index contributed by atoms with van der Waals surface area (Å²) in [5, 5.41) is 3.26. The van der Waals surface area contributed by atoms with Gasteiger partial charge in [0.15, 0.2) is 11.5 Å². The van der Waals surface area contributed by atoms with Gasteiger partial charge in [-0.15, -0.1) is 0 Å². The van der Waals surface area contributed by atoms with E-state index in [1.807, 2.05) is 31.3 Å². The Balaban J connectivity index is 2.02. The molecule has 0 aliphatic carbocycles. The predicted molar refractivity (Wildman–Crippen MR) is 79.4 cm³/mol. The van der Waals surface area contributed by atoms with Gasteiger partial charge in [-0.1, -0.05) is 15.9 Å². The van der Waals surface area contributed by atoms with Crippen LogP contribution in [-0.4, -0.2) is 20.3 Å². The minimum absolute atomic E-state index is 0.0310. The molecule has 3 rings (SSSR count). The van der Waals surface area contributed by atoms with Crippen LogP contribution in [0, 0.1) is 0 Å². The van der Waals surface area contributed by atoms with Crippen molar-refractivity contribution in [3.05, 3.63) is 46.3 Å². The zero-order valence-corrected chi connectivity index (χ0v) is 12.8. The molecule has 5 heteroatoms. The smallest absolute Gasteiger partial charge is 0.162 e. The van der Waals surface area contributed by atoms with Crippen LogP contribution in [0.1, 0.15) is 23.8 Å². The molecule has 1 N–H and O–H groups in total. The number of ether oxygens (including phenoxy) is 2. The fourth-order valence-electron chi connectivity index (χ4n) is 2.33. The number of halogens is 1. The van der Waals surface area contributed by atoms with Crippen molar-refractivity contribution in [2.24, 2.45) is 0 Å². The van der Waals surface area contributed by atoms with Crippen LogP contribution in [0.3, 0.4) is 0 Å². The molecule has 4 nitrogen and oxygen atoms in total. The molecule has 0 fully saturated rings. The number of furan rings is 1. The number of fused-ring (bicyclic) bond motifs is 1. The van der Waals surface area contributed by atoms with Crippen molar-refractivity contribution in [2.75, 3.05) is 20.3 Å². The Bertz CT molecular complexity index is 583. The summed E-state index contributed by atoms with van der Waals surface area (Å²) in [6, 6.07) is 7.78. The summed E-state index contributed by atoms with van der Waals surface area (Å²) in [6.45, 7) is 1.37. The van der Waals surface area contributed by atoms with Crippen LogP contribution in [0.25, 0.3) is 0 Å². The number of hydrogen-bond donors (Lipinski definition) is 1. The first-order valence-corrected chi connectivity index (χ1v) is 7.38. The van der Waals surface area contributed by atoms with Crippen molar-refractivity contribution >= 4 is 15.9 Å². The first kappa shape index (κ1) is 13.5. The molecule has 0 bridgehead atoms. The molecule has 1 aliphatic heterocycles. The van der Waals surface area contributed by atoms with Crippen LogP contribution in [0.15, 0.2) is 39.4 Å². The summed E-state index contributed by atoms with van der Waals surface area (Å²) < 4.78 is 17.9. The summed E-state index contributed by atoms with van der Waals surface area (Å²) in [5.74, 6) is 2.43. The van der Waals surface area contributed by atoms with E-state index in [-0.39, 0.29) is 6.04 Å². The van der Waals surface area contributed by atoms with Gasteiger partial charge >= 0.3 is 0 Å². The third-order valence-corrected chi connectivity index (χ3v) is 3.98. The Morgan fingerprint density at radius 3 is 2.60 bits per heavy atom. The first-order valence-electron chi connectivity index (χ1n) is 6.59. The number of hydrogen-bond acceptors (Lipinski definition) is 4. The Labute approximate surface area is 126 Å². The van der Waals surface area contributed by atoms with Crippen molar-refractivity contribution < 1.29 is 13.9 Å². The van der Waals surface area contributed by atoms with E-state index < -0.39 is 0 Å². The van der Waals surface area contributed by atoms with Gasteiger partial charge in [-0.3, -0.25) is 0 Å². The lowest BCUT2D eigenvalue weighted by molar-refractivity contribution is 0.297. The quantitative estimate of drug-likeness (QED) is 0.930. The van der Waals surface area contributed by atoms with E-state index in [1.54, 1.807) is 6.26 Å². The molecular weight excluding hydrogens is 322 g/mol. The maximum Gasteiger partial charge on any atom is 0.162 e. The van der Waals surface area contributed by atoms with E-state index in [2.05, 4.69) is 21.2 Å².